The van der Waals surface area contributed by atoms with Crippen molar-refractivity contribution in [3.8, 4) is 5.75 Å². The smallest absolute Gasteiger partial charge is 0.313 e. The predicted octanol–water partition coefficient (Wildman–Crippen LogP) is 1.93. The van der Waals surface area contributed by atoms with E-state index in [1.165, 1.54) is 7.11 Å². The molecule has 0 aliphatic heterocycles. The van der Waals surface area contributed by atoms with Crippen molar-refractivity contribution in [1.82, 2.24) is 4.57 Å². The van der Waals surface area contributed by atoms with Crippen LogP contribution in [0.1, 0.15) is 16.9 Å². The predicted molar refractivity (Wildman–Crippen MR) is 70.4 cm³/mol. The van der Waals surface area contributed by atoms with Gasteiger partial charge < -0.3 is 14.0 Å². The van der Waals surface area contributed by atoms with E-state index >= 15 is 0 Å². The number of carbonyl (C=O) groups excluding carboxylic acids is 2. The third kappa shape index (κ3) is 2.45. The van der Waals surface area contributed by atoms with E-state index in [4.69, 9.17) is 4.74 Å². The highest BCUT2D eigenvalue weighted by molar-refractivity contribution is 6.07. The average Bonchev–Trinajstić information content (AvgIpc) is 2.75. The molecule has 0 unspecified atom stereocenters. The van der Waals surface area contributed by atoms with Crippen LogP contribution in [0.3, 0.4) is 0 Å². The quantitative estimate of drug-likeness (QED) is 0.479. The van der Waals surface area contributed by atoms with Gasteiger partial charge in [-0.2, -0.15) is 0 Å². The first-order valence-corrected chi connectivity index (χ1v) is 5.80. The molecule has 2 aromatic rings. The molecule has 0 fully saturated rings. The van der Waals surface area contributed by atoms with Crippen LogP contribution >= 0.6 is 0 Å². The van der Waals surface area contributed by atoms with Crippen molar-refractivity contribution >= 4 is 22.7 Å². The molecule has 5 nitrogen and oxygen atoms in total. The molecule has 0 saturated carbocycles. The van der Waals surface area contributed by atoms with E-state index in [1.54, 1.807) is 24.8 Å². The summed E-state index contributed by atoms with van der Waals surface area (Å²) in [6.45, 7) is 0. The van der Waals surface area contributed by atoms with Crippen molar-refractivity contribution in [2.45, 2.75) is 6.42 Å². The van der Waals surface area contributed by atoms with Gasteiger partial charge in [-0.1, -0.05) is 0 Å². The summed E-state index contributed by atoms with van der Waals surface area (Å²) in [5, 5.41) is 0.927. The SMILES string of the molecule is COC(=O)CC(=O)c1cc2ccc(OC)cc2n1C. The molecule has 0 saturated heterocycles. The first-order chi connectivity index (χ1) is 9.06. The molecular formula is C14H15NO4. The van der Waals surface area contributed by atoms with Crippen molar-refractivity contribution < 1.29 is 19.1 Å². The normalized spacial score (nSPS) is 10.5. The number of ketones is 1. The molecule has 2 rings (SSSR count). The Morgan fingerprint density at radius 1 is 1.21 bits per heavy atom. The van der Waals surface area contributed by atoms with Crippen LogP contribution in [0.5, 0.6) is 5.75 Å². The molecule has 100 valence electrons. The van der Waals surface area contributed by atoms with E-state index < -0.39 is 5.97 Å². The van der Waals surface area contributed by atoms with Crippen LogP contribution in [0.25, 0.3) is 10.9 Å². The summed E-state index contributed by atoms with van der Waals surface area (Å²) in [6.07, 6.45) is -0.252. The minimum absolute atomic E-state index is 0.252. The van der Waals surface area contributed by atoms with Crippen LogP contribution in [0, 0.1) is 0 Å². The van der Waals surface area contributed by atoms with E-state index in [0.717, 1.165) is 16.7 Å². The number of benzene rings is 1. The molecule has 0 amide bonds. The zero-order valence-corrected chi connectivity index (χ0v) is 11.1. The Balaban J connectivity index is 2.42. The molecule has 19 heavy (non-hydrogen) atoms. The minimum Gasteiger partial charge on any atom is -0.497 e. The van der Waals surface area contributed by atoms with Gasteiger partial charge in [0, 0.05) is 18.5 Å². The van der Waals surface area contributed by atoms with Crippen LogP contribution in [-0.2, 0) is 16.6 Å². The van der Waals surface area contributed by atoms with Gasteiger partial charge in [0.2, 0.25) is 0 Å². The number of esters is 1. The zero-order valence-electron chi connectivity index (χ0n) is 11.1. The second kappa shape index (κ2) is 5.14. The van der Waals surface area contributed by atoms with Crippen molar-refractivity contribution in [1.29, 1.82) is 0 Å². The maximum Gasteiger partial charge on any atom is 0.313 e. The Morgan fingerprint density at radius 3 is 2.58 bits per heavy atom. The Bertz CT molecular complexity index is 642. The summed E-state index contributed by atoms with van der Waals surface area (Å²) in [6, 6.07) is 7.32. The lowest BCUT2D eigenvalue weighted by Gasteiger charge is -2.04. The Morgan fingerprint density at radius 2 is 1.95 bits per heavy atom. The van der Waals surface area contributed by atoms with E-state index in [-0.39, 0.29) is 12.2 Å². The Kier molecular flexibility index (Phi) is 3.55. The van der Waals surface area contributed by atoms with Gasteiger partial charge in [-0.15, -0.1) is 0 Å². The van der Waals surface area contributed by atoms with Crippen LogP contribution < -0.4 is 4.74 Å². The van der Waals surface area contributed by atoms with Gasteiger partial charge in [-0.25, -0.2) is 0 Å². The first-order valence-electron chi connectivity index (χ1n) is 5.80. The van der Waals surface area contributed by atoms with Crippen molar-refractivity contribution in [3.05, 3.63) is 30.0 Å². The zero-order chi connectivity index (χ0) is 14.0. The second-order valence-electron chi connectivity index (χ2n) is 4.19. The number of ether oxygens (including phenoxy) is 2. The Labute approximate surface area is 110 Å². The third-order valence-corrected chi connectivity index (χ3v) is 3.07. The monoisotopic (exact) mass is 261 g/mol. The molecule has 5 heteroatoms. The fourth-order valence-corrected chi connectivity index (χ4v) is 2.00. The lowest BCUT2D eigenvalue weighted by molar-refractivity contribution is -0.139. The fraction of sp³-hybridized carbons (Fsp3) is 0.286. The summed E-state index contributed by atoms with van der Waals surface area (Å²) in [7, 11) is 4.64. The molecule has 0 N–H and O–H groups in total. The molecule has 1 aromatic heterocycles. The first kappa shape index (κ1) is 13.1. The average molecular weight is 261 g/mol. The number of nitrogens with zero attached hydrogens (tertiary/aromatic N) is 1. The lowest BCUT2D eigenvalue weighted by atomic mass is 10.2. The van der Waals surface area contributed by atoms with E-state index in [1.807, 2.05) is 18.2 Å². The lowest BCUT2D eigenvalue weighted by Crippen LogP contribution is -2.12. The molecule has 0 radical (unpaired) electrons. The summed E-state index contributed by atoms with van der Waals surface area (Å²) in [5.41, 5.74) is 1.36. The maximum absolute atomic E-state index is 12.0. The van der Waals surface area contributed by atoms with Crippen molar-refractivity contribution in [2.75, 3.05) is 14.2 Å². The topological polar surface area (TPSA) is 57.5 Å². The summed E-state index contributed by atoms with van der Waals surface area (Å²) in [4.78, 5) is 23.2. The number of aryl methyl sites for hydroxylation is 1. The number of methoxy groups -OCH3 is 2. The Hall–Kier alpha value is -2.30. The molecule has 0 aliphatic carbocycles. The standard InChI is InChI=1S/C14H15NO4/c1-15-11-7-10(18-2)5-4-9(11)6-12(15)13(16)8-14(17)19-3/h4-7H,8H2,1-3H3. The van der Waals surface area contributed by atoms with Gasteiger partial charge in [-0.3, -0.25) is 9.59 Å². The van der Waals surface area contributed by atoms with E-state index in [0.29, 0.717) is 5.69 Å². The van der Waals surface area contributed by atoms with Gasteiger partial charge in [-0.05, 0) is 18.2 Å². The number of hydrogen-bond acceptors (Lipinski definition) is 4. The third-order valence-electron chi connectivity index (χ3n) is 3.07. The number of carbonyl (C=O) groups is 2. The fourth-order valence-electron chi connectivity index (χ4n) is 2.00. The number of fused-ring (bicyclic) bond motifs is 1. The van der Waals surface area contributed by atoms with Crippen LogP contribution in [0.4, 0.5) is 0 Å². The minimum atomic E-state index is -0.534. The molecule has 0 spiro atoms. The van der Waals surface area contributed by atoms with Crippen LogP contribution in [0.2, 0.25) is 0 Å². The van der Waals surface area contributed by atoms with Gasteiger partial charge in [0.05, 0.1) is 25.4 Å². The maximum atomic E-state index is 12.0. The van der Waals surface area contributed by atoms with Gasteiger partial charge in [0.1, 0.15) is 12.2 Å². The highest BCUT2D eigenvalue weighted by Gasteiger charge is 2.17. The molecule has 0 bridgehead atoms. The molecule has 0 atom stereocenters. The van der Waals surface area contributed by atoms with Gasteiger partial charge in [0.25, 0.3) is 0 Å². The number of rotatable bonds is 4. The number of hydrogen-bond donors (Lipinski definition) is 0. The second-order valence-corrected chi connectivity index (χ2v) is 4.19. The number of Topliss-reactive ketones (excluding diaryl/α,β-unsaturated/α-hetero) is 1. The van der Waals surface area contributed by atoms with E-state index in [2.05, 4.69) is 4.74 Å². The molecule has 0 aliphatic rings. The molecule has 1 heterocycles. The summed E-state index contributed by atoms with van der Waals surface area (Å²) < 4.78 is 11.4. The molecular weight excluding hydrogens is 246 g/mol. The van der Waals surface area contributed by atoms with Gasteiger partial charge in [0.15, 0.2) is 5.78 Å². The largest absolute Gasteiger partial charge is 0.497 e. The van der Waals surface area contributed by atoms with Crippen molar-refractivity contribution in [2.24, 2.45) is 7.05 Å². The van der Waals surface area contributed by atoms with Crippen molar-refractivity contribution in [3.63, 3.8) is 0 Å². The highest BCUT2D eigenvalue weighted by atomic mass is 16.5. The highest BCUT2D eigenvalue weighted by Crippen LogP contribution is 2.24. The van der Waals surface area contributed by atoms with Crippen LogP contribution in [-0.4, -0.2) is 30.5 Å². The summed E-state index contributed by atoms with van der Waals surface area (Å²) >= 11 is 0. The van der Waals surface area contributed by atoms with E-state index in [9.17, 15) is 9.59 Å². The van der Waals surface area contributed by atoms with Crippen LogP contribution in [0.15, 0.2) is 24.3 Å². The van der Waals surface area contributed by atoms with Gasteiger partial charge >= 0.3 is 5.97 Å². The molecule has 1 aromatic carbocycles. The summed E-state index contributed by atoms with van der Waals surface area (Å²) in [5.74, 6) is -0.0713. The number of aromatic nitrogens is 1.